The predicted octanol–water partition coefficient (Wildman–Crippen LogP) is 2.95. The summed E-state index contributed by atoms with van der Waals surface area (Å²) in [6.45, 7) is 1.73. The Balaban J connectivity index is 1.97. The van der Waals surface area contributed by atoms with E-state index in [1.54, 1.807) is 19.1 Å². The van der Waals surface area contributed by atoms with E-state index in [9.17, 15) is 22.9 Å². The molecule has 0 saturated carbocycles. The molecule has 0 heterocycles. The molecular weight excluding hydrogens is 335 g/mol. The van der Waals surface area contributed by atoms with Crippen LogP contribution in [0.15, 0.2) is 47.4 Å². The molecule has 8 heteroatoms. The minimum absolute atomic E-state index is 0.137. The van der Waals surface area contributed by atoms with Gasteiger partial charge >= 0.3 is 0 Å². The molecule has 2 aromatic rings. The highest BCUT2D eigenvalue weighted by Crippen LogP contribution is 2.22. The Hall–Kier alpha value is -2.32. The zero-order valence-corrected chi connectivity index (χ0v) is 13.8. The van der Waals surface area contributed by atoms with Crippen LogP contribution in [-0.4, -0.2) is 19.9 Å². The number of rotatable bonds is 7. The maximum absolute atomic E-state index is 12.8. The zero-order valence-electron chi connectivity index (χ0n) is 13.0. The summed E-state index contributed by atoms with van der Waals surface area (Å²) in [5, 5.41) is 10.9. The molecule has 0 amide bonds. The second kappa shape index (κ2) is 7.50. The monoisotopic (exact) mass is 352 g/mol. The summed E-state index contributed by atoms with van der Waals surface area (Å²) in [5.74, 6) is -0.319. The van der Waals surface area contributed by atoms with Crippen LogP contribution in [0.4, 0.5) is 10.1 Å². The van der Waals surface area contributed by atoms with Crippen LogP contribution < -0.4 is 4.72 Å². The van der Waals surface area contributed by atoms with Gasteiger partial charge in [-0.3, -0.25) is 10.1 Å². The van der Waals surface area contributed by atoms with Gasteiger partial charge in [0, 0.05) is 18.2 Å². The number of nitrogens with zero attached hydrogens (tertiary/aromatic N) is 1. The lowest BCUT2D eigenvalue weighted by Gasteiger charge is -2.07. The third-order valence-corrected chi connectivity index (χ3v) is 4.99. The van der Waals surface area contributed by atoms with Gasteiger partial charge in [-0.2, -0.15) is 0 Å². The molecule has 24 heavy (non-hydrogen) atoms. The lowest BCUT2D eigenvalue weighted by molar-refractivity contribution is -0.385. The zero-order chi connectivity index (χ0) is 17.7. The number of halogens is 1. The number of nitro benzene ring substituents is 1. The van der Waals surface area contributed by atoms with Gasteiger partial charge < -0.3 is 0 Å². The summed E-state index contributed by atoms with van der Waals surface area (Å²) in [6, 6.07) is 9.80. The van der Waals surface area contributed by atoms with Crippen molar-refractivity contribution in [3.05, 3.63) is 69.5 Å². The van der Waals surface area contributed by atoms with Gasteiger partial charge in [0.1, 0.15) is 5.82 Å². The molecule has 0 bridgehead atoms. The predicted molar refractivity (Wildman–Crippen MR) is 87.7 cm³/mol. The van der Waals surface area contributed by atoms with Crippen LogP contribution in [0.3, 0.4) is 0 Å². The van der Waals surface area contributed by atoms with Crippen molar-refractivity contribution in [3.8, 4) is 0 Å². The number of benzene rings is 2. The standard InChI is InChI=1S/C16H17FN2O4S/c1-12-4-9-15(11-16(12)19(20)21)24(22,23)18-10-2-3-13-5-7-14(17)8-6-13/h4-9,11,18H,2-3,10H2,1H3. The first-order valence-corrected chi connectivity index (χ1v) is 8.77. The van der Waals surface area contributed by atoms with Gasteiger partial charge in [-0.15, -0.1) is 0 Å². The van der Waals surface area contributed by atoms with Gasteiger partial charge in [0.15, 0.2) is 0 Å². The Bertz CT molecular complexity index is 836. The average molecular weight is 352 g/mol. The molecule has 0 saturated heterocycles. The van der Waals surface area contributed by atoms with Gasteiger partial charge in [-0.1, -0.05) is 18.2 Å². The highest BCUT2D eigenvalue weighted by Gasteiger charge is 2.19. The van der Waals surface area contributed by atoms with Crippen molar-refractivity contribution in [1.29, 1.82) is 0 Å². The fraction of sp³-hybridized carbons (Fsp3) is 0.250. The molecule has 0 aromatic heterocycles. The maximum atomic E-state index is 12.8. The van der Waals surface area contributed by atoms with Crippen LogP contribution in [0, 0.1) is 22.9 Å². The molecule has 0 aliphatic carbocycles. The summed E-state index contributed by atoms with van der Waals surface area (Å²) in [4.78, 5) is 10.2. The Morgan fingerprint density at radius 2 is 1.83 bits per heavy atom. The minimum atomic E-state index is -3.81. The van der Waals surface area contributed by atoms with Gasteiger partial charge in [0.05, 0.1) is 9.82 Å². The van der Waals surface area contributed by atoms with Crippen LogP contribution in [0.1, 0.15) is 17.5 Å². The third-order valence-electron chi connectivity index (χ3n) is 3.54. The van der Waals surface area contributed by atoms with Crippen molar-refractivity contribution in [2.24, 2.45) is 0 Å². The second-order valence-corrected chi connectivity index (χ2v) is 7.10. The van der Waals surface area contributed by atoms with E-state index in [0.717, 1.165) is 11.6 Å². The first kappa shape index (κ1) is 18.0. The van der Waals surface area contributed by atoms with Gasteiger partial charge in [0.2, 0.25) is 10.0 Å². The van der Waals surface area contributed by atoms with Gasteiger partial charge in [-0.05, 0) is 43.5 Å². The summed E-state index contributed by atoms with van der Waals surface area (Å²) < 4.78 is 39.6. The van der Waals surface area contributed by atoms with E-state index in [-0.39, 0.29) is 22.9 Å². The van der Waals surface area contributed by atoms with Crippen LogP contribution in [-0.2, 0) is 16.4 Å². The molecule has 128 valence electrons. The fourth-order valence-electron chi connectivity index (χ4n) is 2.19. The number of nitro groups is 1. The lowest BCUT2D eigenvalue weighted by Crippen LogP contribution is -2.25. The van der Waals surface area contributed by atoms with E-state index in [4.69, 9.17) is 0 Å². The first-order chi connectivity index (χ1) is 11.3. The Morgan fingerprint density at radius 1 is 1.17 bits per heavy atom. The van der Waals surface area contributed by atoms with Crippen molar-refractivity contribution < 1.29 is 17.7 Å². The maximum Gasteiger partial charge on any atom is 0.273 e. The molecule has 1 N–H and O–H groups in total. The van der Waals surface area contributed by atoms with Crippen molar-refractivity contribution in [3.63, 3.8) is 0 Å². The number of hydrogen-bond donors (Lipinski definition) is 1. The molecule has 0 radical (unpaired) electrons. The number of aryl methyl sites for hydroxylation is 2. The molecule has 2 rings (SSSR count). The van der Waals surface area contributed by atoms with Crippen molar-refractivity contribution in [2.45, 2.75) is 24.7 Å². The molecule has 0 atom stereocenters. The number of hydrogen-bond acceptors (Lipinski definition) is 4. The van der Waals surface area contributed by atoms with E-state index in [0.29, 0.717) is 18.4 Å². The Labute approximate surface area is 139 Å². The summed E-state index contributed by atoms with van der Waals surface area (Å²) in [7, 11) is -3.81. The summed E-state index contributed by atoms with van der Waals surface area (Å²) >= 11 is 0. The summed E-state index contributed by atoms with van der Waals surface area (Å²) in [5.41, 5.74) is 1.07. The van der Waals surface area contributed by atoms with E-state index >= 15 is 0 Å². The highest BCUT2D eigenvalue weighted by atomic mass is 32.2. The van der Waals surface area contributed by atoms with Crippen LogP contribution in [0.2, 0.25) is 0 Å². The van der Waals surface area contributed by atoms with E-state index in [1.165, 1.54) is 24.3 Å². The molecule has 0 aliphatic rings. The SMILES string of the molecule is Cc1ccc(S(=O)(=O)NCCCc2ccc(F)cc2)cc1[N+](=O)[O-]. The molecule has 0 spiro atoms. The second-order valence-electron chi connectivity index (χ2n) is 5.33. The van der Waals surface area contributed by atoms with Crippen LogP contribution in [0.25, 0.3) is 0 Å². The molecular formula is C16H17FN2O4S. The van der Waals surface area contributed by atoms with E-state index in [1.807, 2.05) is 0 Å². The Kier molecular flexibility index (Phi) is 5.63. The highest BCUT2D eigenvalue weighted by molar-refractivity contribution is 7.89. The lowest BCUT2D eigenvalue weighted by atomic mass is 10.1. The smallest absolute Gasteiger partial charge is 0.258 e. The van der Waals surface area contributed by atoms with Gasteiger partial charge in [0.25, 0.3) is 5.69 Å². The molecule has 6 nitrogen and oxygen atoms in total. The minimum Gasteiger partial charge on any atom is -0.258 e. The van der Waals surface area contributed by atoms with E-state index in [2.05, 4.69) is 4.72 Å². The third kappa shape index (κ3) is 4.59. The van der Waals surface area contributed by atoms with Crippen LogP contribution in [0.5, 0.6) is 0 Å². The summed E-state index contributed by atoms with van der Waals surface area (Å²) in [6.07, 6.45) is 1.12. The normalized spacial score (nSPS) is 11.4. The van der Waals surface area contributed by atoms with Crippen molar-refractivity contribution in [1.82, 2.24) is 4.72 Å². The van der Waals surface area contributed by atoms with Crippen molar-refractivity contribution in [2.75, 3.05) is 6.54 Å². The Morgan fingerprint density at radius 3 is 2.46 bits per heavy atom. The number of sulfonamides is 1. The molecule has 0 fully saturated rings. The van der Waals surface area contributed by atoms with Gasteiger partial charge in [-0.25, -0.2) is 17.5 Å². The molecule has 0 unspecified atom stereocenters. The van der Waals surface area contributed by atoms with Crippen molar-refractivity contribution >= 4 is 15.7 Å². The topological polar surface area (TPSA) is 89.3 Å². The molecule has 0 aliphatic heterocycles. The first-order valence-electron chi connectivity index (χ1n) is 7.29. The molecule has 2 aromatic carbocycles. The largest absolute Gasteiger partial charge is 0.273 e. The average Bonchev–Trinajstić information content (AvgIpc) is 2.53. The number of nitrogens with one attached hydrogen (secondary N) is 1. The van der Waals surface area contributed by atoms with E-state index < -0.39 is 14.9 Å². The quantitative estimate of drug-likeness (QED) is 0.471. The van der Waals surface area contributed by atoms with Crippen LogP contribution >= 0.6 is 0 Å². The fourth-order valence-corrected chi connectivity index (χ4v) is 3.28.